The molecule has 7 N–H and O–H groups in total. The fraction of sp³-hybridized carbons (Fsp3) is 0.571. The lowest BCUT2D eigenvalue weighted by Crippen LogP contribution is -2.60. The number of nitrogens with two attached hydrogens (primary N) is 1. The van der Waals surface area contributed by atoms with Crippen molar-refractivity contribution in [1.82, 2.24) is 4.57 Å². The Bertz CT molecular complexity index is 662. The maximum Gasteiger partial charge on any atom is 0.322 e. The van der Waals surface area contributed by atoms with E-state index in [2.05, 4.69) is 0 Å². The van der Waals surface area contributed by atoms with Gasteiger partial charge in [-0.3, -0.25) is 9.59 Å². The van der Waals surface area contributed by atoms with Crippen molar-refractivity contribution >= 4 is 5.97 Å². The van der Waals surface area contributed by atoms with Gasteiger partial charge in [0.05, 0.1) is 12.8 Å². The number of aliphatic hydroxyl groups is 4. The summed E-state index contributed by atoms with van der Waals surface area (Å²) in [6.45, 7) is -0.780. The molecule has 0 radical (unpaired) electrons. The molecule has 1 aliphatic heterocycles. The highest BCUT2D eigenvalue weighted by molar-refractivity contribution is 5.72. The second kappa shape index (κ2) is 7.91. The number of hydrogen-bond donors (Lipinski definition) is 6. The molecule has 0 amide bonds. The smallest absolute Gasteiger partial charge is 0.322 e. The topological polar surface area (TPSA) is 185 Å². The van der Waals surface area contributed by atoms with Gasteiger partial charge in [-0.15, -0.1) is 0 Å². The van der Waals surface area contributed by atoms with E-state index >= 15 is 0 Å². The van der Waals surface area contributed by atoms with Gasteiger partial charge in [0.1, 0.15) is 30.5 Å². The van der Waals surface area contributed by atoms with Crippen LogP contribution in [-0.2, 0) is 16.1 Å². The molecule has 0 unspecified atom stereocenters. The van der Waals surface area contributed by atoms with Crippen LogP contribution in [0.15, 0.2) is 23.3 Å². The third-order valence-electron chi connectivity index (χ3n) is 3.76. The lowest BCUT2D eigenvalue weighted by molar-refractivity contribution is -0.277. The number of aromatic nitrogens is 1. The summed E-state index contributed by atoms with van der Waals surface area (Å²) in [7, 11) is 0. The average Bonchev–Trinajstić information content (AvgIpc) is 2.58. The van der Waals surface area contributed by atoms with Crippen LogP contribution in [0.25, 0.3) is 0 Å². The highest BCUT2D eigenvalue weighted by Gasteiger charge is 2.44. The first-order chi connectivity index (χ1) is 11.7. The van der Waals surface area contributed by atoms with E-state index in [9.17, 15) is 24.9 Å². The number of rotatable bonds is 6. The molecule has 0 saturated carbocycles. The molecule has 0 aromatic carbocycles. The molecule has 1 aliphatic rings. The van der Waals surface area contributed by atoms with Crippen molar-refractivity contribution in [2.24, 2.45) is 5.73 Å². The number of carboxylic acid groups (broad SMARTS) is 1. The number of hydrogen-bond acceptors (Lipinski definition) is 9. The van der Waals surface area contributed by atoms with Crippen LogP contribution in [0, 0.1) is 0 Å². The van der Waals surface area contributed by atoms with Crippen LogP contribution in [0.1, 0.15) is 0 Å². The minimum absolute atomic E-state index is 0.138. The zero-order valence-corrected chi connectivity index (χ0v) is 13.0. The van der Waals surface area contributed by atoms with E-state index in [0.717, 1.165) is 6.07 Å². The van der Waals surface area contributed by atoms with Crippen molar-refractivity contribution in [3.8, 4) is 5.75 Å². The Morgan fingerprint density at radius 2 is 2.00 bits per heavy atom. The zero-order chi connectivity index (χ0) is 18.7. The van der Waals surface area contributed by atoms with Gasteiger partial charge in [0.2, 0.25) is 11.7 Å². The van der Waals surface area contributed by atoms with Crippen LogP contribution in [0.4, 0.5) is 0 Å². The summed E-state index contributed by atoms with van der Waals surface area (Å²) in [5.74, 6) is -1.51. The van der Waals surface area contributed by atoms with Crippen molar-refractivity contribution in [3.63, 3.8) is 0 Å². The molecule has 140 valence electrons. The Balaban J connectivity index is 2.18. The van der Waals surface area contributed by atoms with Gasteiger partial charge >= 0.3 is 5.97 Å². The van der Waals surface area contributed by atoms with Gasteiger partial charge in [-0.1, -0.05) is 0 Å². The molecule has 6 atom stereocenters. The van der Waals surface area contributed by atoms with Gasteiger partial charge in [0.15, 0.2) is 5.75 Å². The molecule has 1 fully saturated rings. The summed E-state index contributed by atoms with van der Waals surface area (Å²) in [6, 6.07) is -0.101. The highest BCUT2D eigenvalue weighted by Crippen LogP contribution is 2.22. The lowest BCUT2D eigenvalue weighted by Gasteiger charge is -2.39. The van der Waals surface area contributed by atoms with Crippen LogP contribution in [0.3, 0.4) is 0 Å². The Labute approximate surface area is 141 Å². The molecule has 2 heterocycles. The van der Waals surface area contributed by atoms with E-state index in [0.29, 0.717) is 0 Å². The van der Waals surface area contributed by atoms with Crippen LogP contribution < -0.4 is 15.9 Å². The van der Waals surface area contributed by atoms with Gasteiger partial charge in [-0.25, -0.2) is 0 Å². The normalized spacial score (nSPS) is 30.7. The predicted octanol–water partition coefficient (Wildman–Crippen LogP) is -3.56. The quantitative estimate of drug-likeness (QED) is 0.296. The second-order valence-electron chi connectivity index (χ2n) is 5.63. The number of nitrogens with zero attached hydrogens (tertiary/aromatic N) is 1. The lowest BCUT2D eigenvalue weighted by atomic mass is 9.99. The SMILES string of the molecule is N[C@@H](Cn1ccc(=O)c(O[C@H]2O[C@H](CO)[C@@H](O)[C@H](O)[C@H]2O)c1)C(=O)O. The monoisotopic (exact) mass is 360 g/mol. The van der Waals surface area contributed by atoms with E-state index in [-0.39, 0.29) is 12.3 Å². The van der Waals surface area contributed by atoms with Gasteiger partial charge < -0.3 is 45.3 Å². The van der Waals surface area contributed by atoms with E-state index in [1.165, 1.54) is 17.0 Å². The van der Waals surface area contributed by atoms with Crippen molar-refractivity contribution in [3.05, 3.63) is 28.7 Å². The standard InChI is InChI=1S/C14H20N2O9/c15-6(13(22)23)3-16-2-1-7(18)8(4-16)24-14-12(21)11(20)10(19)9(5-17)25-14/h1-2,4,6,9-12,14,17,19-21H,3,5,15H2,(H,22,23)/t6-,9+,10+,11-,12+,14-/m0/s1. The third kappa shape index (κ3) is 4.34. The van der Waals surface area contributed by atoms with Gasteiger partial charge in [-0.2, -0.15) is 0 Å². The summed E-state index contributed by atoms with van der Waals surface area (Å²) in [6.07, 6.45) is -5.10. The van der Waals surface area contributed by atoms with Crippen LogP contribution >= 0.6 is 0 Å². The first-order valence-corrected chi connectivity index (χ1v) is 7.40. The molecule has 2 rings (SSSR count). The van der Waals surface area contributed by atoms with Crippen molar-refractivity contribution in [2.75, 3.05) is 6.61 Å². The molecular formula is C14H20N2O9. The van der Waals surface area contributed by atoms with Gasteiger partial charge in [0, 0.05) is 18.8 Å². The molecule has 0 spiro atoms. The number of carboxylic acids is 1. The van der Waals surface area contributed by atoms with E-state index in [1.54, 1.807) is 0 Å². The predicted molar refractivity (Wildman–Crippen MR) is 80.7 cm³/mol. The van der Waals surface area contributed by atoms with Crippen LogP contribution in [0.2, 0.25) is 0 Å². The number of ether oxygens (including phenoxy) is 2. The summed E-state index contributed by atoms with van der Waals surface area (Å²) >= 11 is 0. The van der Waals surface area contributed by atoms with Crippen molar-refractivity contribution in [1.29, 1.82) is 0 Å². The molecule has 0 bridgehead atoms. The first kappa shape index (κ1) is 19.3. The van der Waals surface area contributed by atoms with E-state index in [1.807, 2.05) is 0 Å². The molecule has 1 aromatic rings. The van der Waals surface area contributed by atoms with E-state index in [4.69, 9.17) is 25.4 Å². The second-order valence-corrected chi connectivity index (χ2v) is 5.63. The van der Waals surface area contributed by atoms with Crippen molar-refractivity contribution in [2.45, 2.75) is 43.3 Å². The maximum atomic E-state index is 11.9. The number of aliphatic carboxylic acids is 1. The zero-order valence-electron chi connectivity index (χ0n) is 13.0. The summed E-state index contributed by atoms with van der Waals surface area (Å²) in [5.41, 5.74) is 4.83. The van der Waals surface area contributed by atoms with Crippen LogP contribution in [-0.4, -0.2) is 79.4 Å². The molecular weight excluding hydrogens is 340 g/mol. The minimum Gasteiger partial charge on any atom is -0.480 e. The largest absolute Gasteiger partial charge is 0.480 e. The third-order valence-corrected chi connectivity index (χ3v) is 3.76. The number of aliphatic hydroxyl groups excluding tert-OH is 4. The Morgan fingerprint density at radius 1 is 1.32 bits per heavy atom. The molecule has 11 heteroatoms. The maximum absolute atomic E-state index is 11.9. The fourth-order valence-corrected chi connectivity index (χ4v) is 2.30. The molecule has 1 aromatic heterocycles. The highest BCUT2D eigenvalue weighted by atomic mass is 16.7. The summed E-state index contributed by atoms with van der Waals surface area (Å²) in [5, 5.41) is 47.3. The van der Waals surface area contributed by atoms with Crippen LogP contribution in [0.5, 0.6) is 5.75 Å². The van der Waals surface area contributed by atoms with Gasteiger partial charge in [-0.05, 0) is 0 Å². The first-order valence-electron chi connectivity index (χ1n) is 7.40. The summed E-state index contributed by atoms with van der Waals surface area (Å²) in [4.78, 5) is 22.7. The molecule has 25 heavy (non-hydrogen) atoms. The summed E-state index contributed by atoms with van der Waals surface area (Å²) < 4.78 is 11.7. The fourth-order valence-electron chi connectivity index (χ4n) is 2.30. The van der Waals surface area contributed by atoms with Crippen molar-refractivity contribution < 1.29 is 39.8 Å². The Hall–Kier alpha value is -2.02. The van der Waals surface area contributed by atoms with Gasteiger partial charge in [0.25, 0.3) is 0 Å². The van der Waals surface area contributed by atoms with E-state index < -0.39 is 54.8 Å². The number of pyridine rings is 1. The molecule has 1 saturated heterocycles. The Morgan fingerprint density at radius 3 is 2.60 bits per heavy atom. The minimum atomic E-state index is -1.67. The molecule has 11 nitrogen and oxygen atoms in total. The molecule has 0 aliphatic carbocycles. The number of carbonyl (C=O) groups is 1. The average molecular weight is 360 g/mol. The Kier molecular flexibility index (Phi) is 6.11.